The zero-order chi connectivity index (χ0) is 22.0. The van der Waals surface area contributed by atoms with Gasteiger partial charge in [-0.05, 0) is 61.3 Å². The van der Waals surface area contributed by atoms with Gasteiger partial charge in [0.15, 0.2) is 0 Å². The largest absolute Gasteiger partial charge is 0.379 e. The molecule has 3 nitrogen and oxygen atoms in total. The van der Waals surface area contributed by atoms with E-state index < -0.39 is 5.60 Å². The van der Waals surface area contributed by atoms with E-state index in [0.717, 1.165) is 37.9 Å². The van der Waals surface area contributed by atoms with Gasteiger partial charge in [-0.25, -0.2) is 4.98 Å². The summed E-state index contributed by atoms with van der Waals surface area (Å²) in [5.41, 5.74) is 2.51. The summed E-state index contributed by atoms with van der Waals surface area (Å²) >= 11 is 11.9. The van der Waals surface area contributed by atoms with Crippen LogP contribution in [0.5, 0.6) is 0 Å². The molecule has 31 heavy (non-hydrogen) atoms. The molecule has 0 aliphatic rings. The molecular weight excluding hydrogens is 492 g/mol. The maximum Gasteiger partial charge on any atom is 0.133 e. The van der Waals surface area contributed by atoms with Gasteiger partial charge in [-0.1, -0.05) is 63.9 Å². The van der Waals surface area contributed by atoms with Gasteiger partial charge in [0.05, 0.1) is 5.52 Å². The normalized spacial score (nSPS) is 13.6. The van der Waals surface area contributed by atoms with Crippen molar-refractivity contribution in [2.24, 2.45) is 0 Å². The van der Waals surface area contributed by atoms with E-state index >= 15 is 0 Å². The fourth-order valence-corrected chi connectivity index (χ4v) is 5.37. The predicted octanol–water partition coefficient (Wildman–Crippen LogP) is 6.49. The van der Waals surface area contributed by atoms with E-state index in [2.05, 4.69) is 39.0 Å². The lowest BCUT2D eigenvalue weighted by Gasteiger charge is -2.30. The molecule has 160 valence electrons. The van der Waals surface area contributed by atoms with Gasteiger partial charge in [0, 0.05) is 33.3 Å². The summed E-state index contributed by atoms with van der Waals surface area (Å²) in [6.45, 7) is 0.738. The van der Waals surface area contributed by atoms with E-state index in [-0.39, 0.29) is 0 Å². The fourth-order valence-electron chi connectivity index (χ4n) is 3.82. The first-order valence-corrected chi connectivity index (χ1v) is 12.2. The van der Waals surface area contributed by atoms with Crippen molar-refractivity contribution in [1.29, 1.82) is 0 Å². The number of hydrogen-bond acceptors (Lipinski definition) is 4. The number of aromatic nitrogens is 1. The van der Waals surface area contributed by atoms with Crippen molar-refractivity contribution in [2.75, 3.05) is 20.6 Å². The Hall–Kier alpha value is -1.76. The van der Waals surface area contributed by atoms with E-state index in [0.29, 0.717) is 18.0 Å². The number of nitrogens with zero attached hydrogens (tertiary/aromatic N) is 2. The second-order valence-electron chi connectivity index (χ2n) is 8.02. The Morgan fingerprint density at radius 2 is 1.87 bits per heavy atom. The molecule has 0 saturated heterocycles. The summed E-state index contributed by atoms with van der Waals surface area (Å²) in [6.07, 6.45) is 1.26. The van der Waals surface area contributed by atoms with Gasteiger partial charge in [0.1, 0.15) is 10.8 Å². The molecule has 0 saturated carbocycles. The molecule has 1 N–H and O–H groups in total. The highest BCUT2D eigenvalue weighted by atomic mass is 79.9. The highest BCUT2D eigenvalue weighted by molar-refractivity contribution is 9.10. The lowest BCUT2D eigenvalue weighted by molar-refractivity contribution is 0.0678. The monoisotopic (exact) mass is 514 g/mol. The van der Waals surface area contributed by atoms with Crippen molar-refractivity contribution in [3.63, 3.8) is 0 Å². The summed E-state index contributed by atoms with van der Waals surface area (Å²) in [7, 11) is 4.03. The second-order valence-corrected chi connectivity index (χ2v) is 10.2. The molecule has 2 aromatic carbocycles. The average Bonchev–Trinajstić information content (AvgIpc) is 3.29. The van der Waals surface area contributed by atoms with Crippen LogP contribution in [-0.4, -0.2) is 35.6 Å². The summed E-state index contributed by atoms with van der Waals surface area (Å²) < 4.78 is 0.907. The Bertz CT molecular complexity index is 1180. The van der Waals surface area contributed by atoms with Crippen molar-refractivity contribution in [3.8, 4) is 0 Å². The molecular formula is C25H24BrClN2OS. The average molecular weight is 516 g/mol. The van der Waals surface area contributed by atoms with Gasteiger partial charge in [-0.15, -0.1) is 11.3 Å². The Balaban J connectivity index is 1.86. The molecule has 6 heteroatoms. The topological polar surface area (TPSA) is 36.4 Å². The van der Waals surface area contributed by atoms with Crippen LogP contribution in [0, 0.1) is 0 Å². The van der Waals surface area contributed by atoms with Crippen LogP contribution >= 0.6 is 38.9 Å². The van der Waals surface area contributed by atoms with Gasteiger partial charge in [-0.3, -0.25) is 0 Å². The van der Waals surface area contributed by atoms with Crippen molar-refractivity contribution >= 4 is 49.8 Å². The minimum atomic E-state index is -1.16. The molecule has 0 unspecified atom stereocenters. The van der Waals surface area contributed by atoms with E-state index in [4.69, 9.17) is 16.6 Å². The zero-order valence-electron chi connectivity index (χ0n) is 17.5. The number of thiophene rings is 1. The van der Waals surface area contributed by atoms with Crippen molar-refractivity contribution < 1.29 is 5.11 Å². The van der Waals surface area contributed by atoms with Crippen LogP contribution < -0.4 is 0 Å². The van der Waals surface area contributed by atoms with Crippen molar-refractivity contribution in [1.82, 2.24) is 9.88 Å². The van der Waals surface area contributed by atoms with E-state index in [1.165, 1.54) is 5.56 Å². The number of rotatable bonds is 7. The number of hydrogen-bond donors (Lipinski definition) is 1. The SMILES string of the molecule is CN(C)CC[C@@](O)(c1cccs1)c1cc(Br)cc2cc(Cc3ccccc3)c(Cl)nc12. The summed E-state index contributed by atoms with van der Waals surface area (Å²) in [5.74, 6) is 0. The summed E-state index contributed by atoms with van der Waals surface area (Å²) in [6, 6.07) is 20.3. The molecule has 4 rings (SSSR count). The van der Waals surface area contributed by atoms with Crippen LogP contribution in [0.25, 0.3) is 10.9 Å². The first-order valence-electron chi connectivity index (χ1n) is 10.1. The van der Waals surface area contributed by atoms with E-state index in [1.54, 1.807) is 11.3 Å². The third kappa shape index (κ3) is 4.86. The lowest BCUT2D eigenvalue weighted by Crippen LogP contribution is -2.31. The Morgan fingerprint density at radius 1 is 1.10 bits per heavy atom. The molecule has 0 amide bonds. The van der Waals surface area contributed by atoms with Gasteiger partial charge in [-0.2, -0.15) is 0 Å². The van der Waals surface area contributed by atoms with Crippen molar-refractivity contribution in [2.45, 2.75) is 18.4 Å². The van der Waals surface area contributed by atoms with Gasteiger partial charge in [0.25, 0.3) is 0 Å². The molecule has 0 aliphatic carbocycles. The summed E-state index contributed by atoms with van der Waals surface area (Å²) in [4.78, 5) is 7.77. The van der Waals surface area contributed by atoms with Crippen LogP contribution in [0.1, 0.15) is 28.0 Å². The highest BCUT2D eigenvalue weighted by Gasteiger charge is 2.35. The molecule has 0 fully saturated rings. The van der Waals surface area contributed by atoms with Crippen LogP contribution in [0.3, 0.4) is 0 Å². The third-order valence-electron chi connectivity index (χ3n) is 5.44. The lowest BCUT2D eigenvalue weighted by atomic mass is 9.86. The quantitative estimate of drug-likeness (QED) is 0.286. The maximum absolute atomic E-state index is 12.0. The van der Waals surface area contributed by atoms with E-state index in [1.807, 2.05) is 61.9 Å². The predicted molar refractivity (Wildman–Crippen MR) is 134 cm³/mol. The highest BCUT2D eigenvalue weighted by Crippen LogP contribution is 2.41. The number of benzene rings is 2. The number of halogens is 2. The van der Waals surface area contributed by atoms with Crippen molar-refractivity contribution in [3.05, 3.63) is 97.2 Å². The zero-order valence-corrected chi connectivity index (χ0v) is 20.6. The maximum atomic E-state index is 12.0. The fraction of sp³-hybridized carbons (Fsp3) is 0.240. The third-order valence-corrected chi connectivity index (χ3v) is 7.25. The molecule has 0 radical (unpaired) electrons. The first kappa shape index (κ1) is 22.4. The molecule has 0 bridgehead atoms. The van der Waals surface area contributed by atoms with Crippen LogP contribution in [-0.2, 0) is 12.0 Å². The Morgan fingerprint density at radius 3 is 2.55 bits per heavy atom. The Kier molecular flexibility index (Phi) is 6.80. The number of pyridine rings is 1. The van der Waals surface area contributed by atoms with Crippen LogP contribution in [0.4, 0.5) is 0 Å². The summed E-state index contributed by atoms with van der Waals surface area (Å²) in [5, 5.41) is 15.4. The van der Waals surface area contributed by atoms with Gasteiger partial charge in [0.2, 0.25) is 0 Å². The molecule has 0 aliphatic heterocycles. The molecule has 4 aromatic rings. The second kappa shape index (κ2) is 9.39. The number of fused-ring (bicyclic) bond motifs is 1. The molecule has 1 atom stereocenters. The standard InChI is InChI=1S/C25H24BrClN2OS/c1-29(2)11-10-25(30,22-9-6-12-31-22)21-16-20(26)15-18-14-19(24(27)28-23(18)21)13-17-7-4-3-5-8-17/h3-9,12,14-16,30H,10-11,13H2,1-2H3/t25-/m0/s1. The van der Waals surface area contributed by atoms with E-state index in [9.17, 15) is 5.11 Å². The van der Waals surface area contributed by atoms with Gasteiger partial charge >= 0.3 is 0 Å². The minimum absolute atomic E-state index is 0.473. The van der Waals surface area contributed by atoms with Crippen LogP contribution in [0.15, 0.2) is 70.5 Å². The molecule has 2 aromatic heterocycles. The first-order chi connectivity index (χ1) is 14.9. The van der Waals surface area contributed by atoms with Crippen LogP contribution in [0.2, 0.25) is 5.15 Å². The Labute approximate surface area is 200 Å². The number of aliphatic hydroxyl groups is 1. The molecule has 0 spiro atoms. The minimum Gasteiger partial charge on any atom is -0.379 e. The molecule has 2 heterocycles. The smallest absolute Gasteiger partial charge is 0.133 e. The van der Waals surface area contributed by atoms with Gasteiger partial charge < -0.3 is 10.0 Å².